The van der Waals surface area contributed by atoms with Crippen LogP contribution in [0.5, 0.6) is 0 Å². The number of carbonyl (C=O) groups excluding carboxylic acids is 2. The Bertz CT molecular complexity index is 885. The number of halogens is 1. The van der Waals surface area contributed by atoms with Crippen LogP contribution in [0.1, 0.15) is 17.3 Å². The number of rotatable bonds is 6. The molecule has 0 heterocycles. The molecule has 1 amide bonds. The van der Waals surface area contributed by atoms with Crippen LogP contribution < -0.4 is 10.2 Å². The van der Waals surface area contributed by atoms with E-state index in [0.717, 1.165) is 11.8 Å². The highest BCUT2D eigenvalue weighted by Gasteiger charge is 2.21. The molecule has 0 aliphatic carbocycles. The minimum Gasteiger partial charge on any atom is -0.449 e. The number of nitro benzene ring substituents is 1. The van der Waals surface area contributed by atoms with Crippen LogP contribution in [0.4, 0.5) is 17.1 Å². The molecule has 0 saturated carbocycles. The van der Waals surface area contributed by atoms with E-state index in [2.05, 4.69) is 5.32 Å². The van der Waals surface area contributed by atoms with E-state index < -0.39 is 22.9 Å². The van der Waals surface area contributed by atoms with Crippen molar-refractivity contribution in [1.82, 2.24) is 0 Å². The number of nitro groups is 1. The highest BCUT2D eigenvalue weighted by Crippen LogP contribution is 2.26. The summed E-state index contributed by atoms with van der Waals surface area (Å²) in [5, 5.41) is 13.2. The standard InChI is InChI=1S/C18H18ClN3O5/c1-11(27-18(24)12-5-4-6-13(9-12)21(2)3)17(23)20-16-8-7-14(22(25)26)10-15(16)19/h4-11H,1-3H3,(H,20,23). The molecule has 1 unspecified atom stereocenters. The second kappa shape index (κ2) is 8.50. The molecular weight excluding hydrogens is 374 g/mol. The van der Waals surface area contributed by atoms with Gasteiger partial charge in [-0.25, -0.2) is 4.79 Å². The Balaban J connectivity index is 2.04. The average Bonchev–Trinajstić information content (AvgIpc) is 2.63. The maximum Gasteiger partial charge on any atom is 0.338 e. The van der Waals surface area contributed by atoms with E-state index in [4.69, 9.17) is 16.3 Å². The minimum atomic E-state index is -1.09. The number of carbonyl (C=O) groups is 2. The Hall–Kier alpha value is -3.13. The Morgan fingerprint density at radius 1 is 1.22 bits per heavy atom. The number of benzene rings is 2. The second-order valence-electron chi connectivity index (χ2n) is 5.90. The van der Waals surface area contributed by atoms with E-state index >= 15 is 0 Å². The molecule has 142 valence electrons. The summed E-state index contributed by atoms with van der Waals surface area (Å²) in [6.45, 7) is 1.42. The molecule has 0 spiro atoms. The van der Waals surface area contributed by atoms with E-state index in [0.29, 0.717) is 5.56 Å². The van der Waals surface area contributed by atoms with Crippen molar-refractivity contribution in [3.05, 3.63) is 63.2 Å². The largest absolute Gasteiger partial charge is 0.449 e. The number of hydrogen-bond acceptors (Lipinski definition) is 6. The van der Waals surface area contributed by atoms with Gasteiger partial charge in [0.25, 0.3) is 11.6 Å². The van der Waals surface area contributed by atoms with Crippen molar-refractivity contribution in [3.63, 3.8) is 0 Å². The highest BCUT2D eigenvalue weighted by molar-refractivity contribution is 6.34. The number of esters is 1. The Morgan fingerprint density at radius 2 is 1.93 bits per heavy atom. The molecule has 0 aliphatic heterocycles. The molecule has 0 bridgehead atoms. The molecular formula is C18H18ClN3O5. The van der Waals surface area contributed by atoms with Gasteiger partial charge in [-0.05, 0) is 31.2 Å². The molecule has 9 heteroatoms. The highest BCUT2D eigenvalue weighted by atomic mass is 35.5. The lowest BCUT2D eigenvalue weighted by atomic mass is 10.2. The molecule has 8 nitrogen and oxygen atoms in total. The first-order valence-electron chi connectivity index (χ1n) is 7.92. The van der Waals surface area contributed by atoms with E-state index in [1.165, 1.54) is 19.1 Å². The van der Waals surface area contributed by atoms with Gasteiger partial charge in [0, 0.05) is 31.9 Å². The molecule has 2 rings (SSSR count). The molecule has 0 saturated heterocycles. The predicted molar refractivity (Wildman–Crippen MR) is 102 cm³/mol. The minimum absolute atomic E-state index is 0.00904. The van der Waals surface area contributed by atoms with Crippen LogP contribution in [0.25, 0.3) is 0 Å². The molecule has 0 fully saturated rings. The van der Waals surface area contributed by atoms with Gasteiger partial charge in [0.1, 0.15) is 0 Å². The van der Waals surface area contributed by atoms with Crippen molar-refractivity contribution in [2.45, 2.75) is 13.0 Å². The molecule has 0 aliphatic rings. The van der Waals surface area contributed by atoms with E-state index in [1.54, 1.807) is 18.2 Å². The van der Waals surface area contributed by atoms with Crippen LogP contribution >= 0.6 is 11.6 Å². The van der Waals surface area contributed by atoms with Gasteiger partial charge < -0.3 is 15.0 Å². The zero-order chi connectivity index (χ0) is 20.1. The second-order valence-corrected chi connectivity index (χ2v) is 6.31. The third-order valence-electron chi connectivity index (χ3n) is 3.67. The summed E-state index contributed by atoms with van der Waals surface area (Å²) in [5.41, 5.74) is 1.12. The number of nitrogens with zero attached hydrogens (tertiary/aromatic N) is 2. The third kappa shape index (κ3) is 5.18. The smallest absolute Gasteiger partial charge is 0.338 e. The lowest BCUT2D eigenvalue weighted by Gasteiger charge is -2.16. The van der Waals surface area contributed by atoms with Crippen molar-refractivity contribution in [2.75, 3.05) is 24.3 Å². The summed E-state index contributed by atoms with van der Waals surface area (Å²) in [6, 6.07) is 10.4. The molecule has 1 atom stereocenters. The summed E-state index contributed by atoms with van der Waals surface area (Å²) >= 11 is 5.94. The average molecular weight is 392 g/mol. The maximum absolute atomic E-state index is 12.3. The Morgan fingerprint density at radius 3 is 2.52 bits per heavy atom. The normalized spacial score (nSPS) is 11.4. The van der Waals surface area contributed by atoms with Crippen molar-refractivity contribution >= 4 is 40.5 Å². The van der Waals surface area contributed by atoms with Crippen LogP contribution in [0.3, 0.4) is 0 Å². The maximum atomic E-state index is 12.3. The molecule has 2 aromatic carbocycles. The SMILES string of the molecule is CC(OC(=O)c1cccc(N(C)C)c1)C(=O)Nc1ccc([N+](=O)[O-])cc1Cl. The quantitative estimate of drug-likeness (QED) is 0.459. The van der Waals surface area contributed by atoms with Crippen molar-refractivity contribution in [1.29, 1.82) is 0 Å². The number of ether oxygens (including phenoxy) is 1. The third-order valence-corrected chi connectivity index (χ3v) is 3.99. The fourth-order valence-corrected chi connectivity index (χ4v) is 2.37. The predicted octanol–water partition coefficient (Wildman–Crippen LogP) is 3.50. The number of nitrogens with one attached hydrogen (secondary N) is 1. The number of non-ortho nitro benzene ring substituents is 1. The summed E-state index contributed by atoms with van der Waals surface area (Å²) in [7, 11) is 3.68. The van der Waals surface area contributed by atoms with Gasteiger partial charge in [-0.1, -0.05) is 17.7 Å². The lowest BCUT2D eigenvalue weighted by Crippen LogP contribution is -2.30. The zero-order valence-electron chi connectivity index (χ0n) is 14.9. The first-order valence-corrected chi connectivity index (χ1v) is 8.30. The zero-order valence-corrected chi connectivity index (χ0v) is 15.7. The van der Waals surface area contributed by atoms with Crippen molar-refractivity contribution < 1.29 is 19.2 Å². The van der Waals surface area contributed by atoms with Gasteiger partial charge >= 0.3 is 5.97 Å². The monoisotopic (exact) mass is 391 g/mol. The molecule has 0 aromatic heterocycles. The molecule has 0 radical (unpaired) electrons. The van der Waals surface area contributed by atoms with Crippen LogP contribution in [0.15, 0.2) is 42.5 Å². The van der Waals surface area contributed by atoms with Crippen LogP contribution in [-0.4, -0.2) is 37.0 Å². The Kier molecular flexibility index (Phi) is 6.36. The first kappa shape index (κ1) is 20.2. The van der Waals surface area contributed by atoms with E-state index in [-0.39, 0.29) is 16.4 Å². The summed E-state index contributed by atoms with van der Waals surface area (Å²) in [6.07, 6.45) is -1.09. The van der Waals surface area contributed by atoms with Crippen molar-refractivity contribution in [3.8, 4) is 0 Å². The first-order chi connectivity index (χ1) is 12.7. The number of hydrogen-bond donors (Lipinski definition) is 1. The fraction of sp³-hybridized carbons (Fsp3) is 0.222. The van der Waals surface area contributed by atoms with Gasteiger partial charge in [0.2, 0.25) is 0 Å². The summed E-state index contributed by atoms with van der Waals surface area (Å²) in [5.74, 6) is -1.25. The summed E-state index contributed by atoms with van der Waals surface area (Å²) in [4.78, 5) is 36.4. The molecule has 1 N–H and O–H groups in total. The van der Waals surface area contributed by atoms with Gasteiger partial charge in [-0.2, -0.15) is 0 Å². The van der Waals surface area contributed by atoms with Crippen LogP contribution in [0, 0.1) is 10.1 Å². The number of amides is 1. The van der Waals surface area contributed by atoms with Gasteiger partial charge in [0.05, 0.1) is 21.2 Å². The van der Waals surface area contributed by atoms with Gasteiger partial charge in [0.15, 0.2) is 6.10 Å². The van der Waals surface area contributed by atoms with Crippen LogP contribution in [-0.2, 0) is 9.53 Å². The van der Waals surface area contributed by atoms with Gasteiger partial charge in [-0.3, -0.25) is 14.9 Å². The van der Waals surface area contributed by atoms with Crippen LogP contribution in [0.2, 0.25) is 5.02 Å². The van der Waals surface area contributed by atoms with E-state index in [9.17, 15) is 19.7 Å². The molecule has 27 heavy (non-hydrogen) atoms. The van der Waals surface area contributed by atoms with Crippen molar-refractivity contribution in [2.24, 2.45) is 0 Å². The Labute approximate surface area is 160 Å². The number of anilines is 2. The fourth-order valence-electron chi connectivity index (χ4n) is 2.15. The molecule has 2 aromatic rings. The lowest BCUT2D eigenvalue weighted by molar-refractivity contribution is -0.384. The topological polar surface area (TPSA) is 102 Å². The summed E-state index contributed by atoms with van der Waals surface area (Å²) < 4.78 is 5.19. The van der Waals surface area contributed by atoms with E-state index in [1.807, 2.05) is 25.1 Å². The van der Waals surface area contributed by atoms with Gasteiger partial charge in [-0.15, -0.1) is 0 Å².